The first-order chi connectivity index (χ1) is 18.2. The van der Waals surface area contributed by atoms with Crippen molar-refractivity contribution >= 4 is 29.3 Å². The van der Waals surface area contributed by atoms with Crippen LogP contribution in [0.3, 0.4) is 0 Å². The minimum absolute atomic E-state index is 0.00769. The molecule has 39 heavy (non-hydrogen) atoms. The molecular formula is C28H30ClF4N3O3. The van der Waals surface area contributed by atoms with E-state index >= 15 is 0 Å². The van der Waals surface area contributed by atoms with Crippen molar-refractivity contribution in [1.82, 2.24) is 15.1 Å². The lowest BCUT2D eigenvalue weighted by atomic mass is 9.68. The van der Waals surface area contributed by atoms with Crippen molar-refractivity contribution in [2.75, 3.05) is 26.7 Å². The van der Waals surface area contributed by atoms with E-state index < -0.39 is 52.3 Å². The van der Waals surface area contributed by atoms with Crippen molar-refractivity contribution in [2.45, 2.75) is 44.8 Å². The monoisotopic (exact) mass is 567 g/mol. The van der Waals surface area contributed by atoms with Gasteiger partial charge in [0.25, 0.3) is 5.91 Å². The van der Waals surface area contributed by atoms with Gasteiger partial charge in [-0.2, -0.15) is 13.2 Å². The van der Waals surface area contributed by atoms with E-state index in [1.807, 2.05) is 18.2 Å². The van der Waals surface area contributed by atoms with Crippen molar-refractivity contribution < 1.29 is 31.9 Å². The maximum Gasteiger partial charge on any atom is 0.416 e. The van der Waals surface area contributed by atoms with Crippen molar-refractivity contribution in [3.8, 4) is 0 Å². The van der Waals surface area contributed by atoms with E-state index in [1.165, 1.54) is 0 Å². The van der Waals surface area contributed by atoms with E-state index in [-0.39, 0.29) is 24.9 Å². The summed E-state index contributed by atoms with van der Waals surface area (Å²) in [6.07, 6.45) is -3.95. The maximum atomic E-state index is 14.3. The Morgan fingerprint density at radius 1 is 1.10 bits per heavy atom. The molecular weight excluding hydrogens is 538 g/mol. The molecule has 0 saturated carbocycles. The number of amides is 3. The number of carbonyl (C=O) groups excluding carboxylic acids is 3. The van der Waals surface area contributed by atoms with Crippen LogP contribution in [0.25, 0.3) is 0 Å². The molecule has 2 aromatic rings. The summed E-state index contributed by atoms with van der Waals surface area (Å²) in [5.41, 5.74) is -1.70. The third kappa shape index (κ3) is 5.62. The Morgan fingerprint density at radius 3 is 2.36 bits per heavy atom. The number of hydrogen-bond donors (Lipinski definition) is 1. The Hall–Kier alpha value is -3.14. The molecule has 6 nitrogen and oxygen atoms in total. The molecule has 3 amide bonds. The second kappa shape index (κ2) is 10.8. The van der Waals surface area contributed by atoms with Gasteiger partial charge in [-0.1, -0.05) is 37.6 Å². The van der Waals surface area contributed by atoms with Crippen LogP contribution in [0.15, 0.2) is 42.5 Å². The summed E-state index contributed by atoms with van der Waals surface area (Å²) in [6, 6.07) is 7.90. The van der Waals surface area contributed by atoms with E-state index in [1.54, 1.807) is 36.8 Å². The van der Waals surface area contributed by atoms with Gasteiger partial charge in [0.1, 0.15) is 11.9 Å². The molecule has 2 aliphatic heterocycles. The topological polar surface area (TPSA) is 69.7 Å². The first-order valence-corrected chi connectivity index (χ1v) is 13.1. The predicted molar refractivity (Wildman–Crippen MR) is 138 cm³/mol. The molecule has 1 spiro atoms. The number of nitrogens with one attached hydrogen (secondary N) is 1. The summed E-state index contributed by atoms with van der Waals surface area (Å²) in [5.74, 6) is -3.17. The Kier molecular flexibility index (Phi) is 7.98. The molecule has 210 valence electrons. The van der Waals surface area contributed by atoms with Crippen LogP contribution in [0.5, 0.6) is 0 Å². The Bertz CT molecular complexity index is 1270. The van der Waals surface area contributed by atoms with Gasteiger partial charge in [-0.25, -0.2) is 4.39 Å². The standard InChI is InChI=1S/C28H30ClF4N3O3/c1-16(2)23(34-24(37)20-14-18(28(31,32)33)7-8-22(20)30)25(38)36-11-9-27(10-12-36)21(15-35(3)26(27)39)17-5-4-6-19(29)13-17/h4-8,13-14,16,21,23H,9-12,15H2,1-3H3,(H,34,37)/t21?,23-/m1/s1. The average molecular weight is 568 g/mol. The van der Waals surface area contributed by atoms with Crippen LogP contribution >= 0.6 is 11.6 Å². The molecule has 0 bridgehead atoms. The smallest absolute Gasteiger partial charge is 0.345 e. The third-order valence-corrected chi connectivity index (χ3v) is 8.11. The van der Waals surface area contributed by atoms with Crippen molar-refractivity contribution in [2.24, 2.45) is 11.3 Å². The fourth-order valence-corrected chi connectivity index (χ4v) is 5.90. The van der Waals surface area contributed by atoms with Gasteiger partial charge in [0, 0.05) is 37.6 Å². The van der Waals surface area contributed by atoms with Gasteiger partial charge in [-0.15, -0.1) is 0 Å². The summed E-state index contributed by atoms with van der Waals surface area (Å²) >= 11 is 6.21. The largest absolute Gasteiger partial charge is 0.416 e. The molecule has 11 heteroatoms. The van der Waals surface area contributed by atoms with Crippen LogP contribution in [0.1, 0.15) is 54.1 Å². The van der Waals surface area contributed by atoms with Crippen LogP contribution < -0.4 is 5.32 Å². The van der Waals surface area contributed by atoms with E-state index in [9.17, 15) is 31.9 Å². The molecule has 2 atom stereocenters. The molecule has 2 heterocycles. The minimum atomic E-state index is -4.76. The summed E-state index contributed by atoms with van der Waals surface area (Å²) in [7, 11) is 1.75. The van der Waals surface area contributed by atoms with Gasteiger partial charge in [-0.3, -0.25) is 14.4 Å². The van der Waals surface area contributed by atoms with E-state index in [2.05, 4.69) is 5.32 Å². The first-order valence-electron chi connectivity index (χ1n) is 12.7. The quantitative estimate of drug-likeness (QED) is 0.510. The summed E-state index contributed by atoms with van der Waals surface area (Å²) in [6.45, 7) is 4.40. The Balaban J connectivity index is 1.51. The second-order valence-corrected chi connectivity index (χ2v) is 11.1. The van der Waals surface area contributed by atoms with Crippen LogP contribution in [0.2, 0.25) is 5.02 Å². The van der Waals surface area contributed by atoms with Crippen molar-refractivity contribution in [1.29, 1.82) is 0 Å². The number of piperidine rings is 1. The highest BCUT2D eigenvalue weighted by atomic mass is 35.5. The zero-order valence-electron chi connectivity index (χ0n) is 21.8. The van der Waals surface area contributed by atoms with E-state index in [0.29, 0.717) is 42.6 Å². The second-order valence-electron chi connectivity index (χ2n) is 10.7. The first kappa shape index (κ1) is 28.9. The fourth-order valence-electron chi connectivity index (χ4n) is 5.70. The Labute approximate surface area is 229 Å². The zero-order valence-corrected chi connectivity index (χ0v) is 22.6. The van der Waals surface area contributed by atoms with Crippen molar-refractivity contribution in [3.63, 3.8) is 0 Å². The number of likely N-dealkylation sites (N-methyl/N-ethyl adjacent to an activating group) is 1. The lowest BCUT2D eigenvalue weighted by Gasteiger charge is -2.42. The summed E-state index contributed by atoms with van der Waals surface area (Å²) in [4.78, 5) is 42.9. The van der Waals surface area contributed by atoms with Crippen LogP contribution in [0, 0.1) is 17.2 Å². The van der Waals surface area contributed by atoms with E-state index in [4.69, 9.17) is 11.6 Å². The highest BCUT2D eigenvalue weighted by Gasteiger charge is 2.55. The highest BCUT2D eigenvalue weighted by molar-refractivity contribution is 6.30. The number of carbonyl (C=O) groups is 3. The molecule has 1 unspecified atom stereocenters. The van der Waals surface area contributed by atoms with Gasteiger partial charge in [0.15, 0.2) is 0 Å². The highest BCUT2D eigenvalue weighted by Crippen LogP contribution is 2.50. The van der Waals surface area contributed by atoms with Gasteiger partial charge in [-0.05, 0) is 54.7 Å². The number of rotatable bonds is 5. The lowest BCUT2D eigenvalue weighted by Crippen LogP contribution is -2.55. The van der Waals surface area contributed by atoms with Gasteiger partial charge >= 0.3 is 6.18 Å². The zero-order chi connectivity index (χ0) is 28.7. The molecule has 0 radical (unpaired) electrons. The van der Waals surface area contributed by atoms with Crippen LogP contribution in [-0.4, -0.2) is 60.2 Å². The normalized spacial score (nSPS) is 20.0. The number of hydrogen-bond acceptors (Lipinski definition) is 3. The number of alkyl halides is 3. The molecule has 2 saturated heterocycles. The van der Waals surface area contributed by atoms with Gasteiger partial charge in [0.05, 0.1) is 16.5 Å². The number of nitrogens with zero attached hydrogens (tertiary/aromatic N) is 2. The summed E-state index contributed by atoms with van der Waals surface area (Å²) < 4.78 is 53.6. The molecule has 2 fully saturated rings. The maximum absolute atomic E-state index is 14.3. The molecule has 2 aliphatic rings. The Morgan fingerprint density at radius 2 is 1.77 bits per heavy atom. The minimum Gasteiger partial charge on any atom is -0.345 e. The SMILES string of the molecule is CC(C)[C@@H](NC(=O)c1cc(C(F)(F)F)ccc1F)C(=O)N1CCC2(CC1)C(=O)N(C)CC2c1cccc(Cl)c1. The number of halogens is 5. The van der Waals surface area contributed by atoms with E-state index in [0.717, 1.165) is 5.56 Å². The molecule has 4 rings (SSSR count). The molecule has 0 aromatic heterocycles. The number of benzene rings is 2. The lowest BCUT2D eigenvalue weighted by molar-refractivity contribution is -0.143. The average Bonchev–Trinajstić information content (AvgIpc) is 3.11. The summed E-state index contributed by atoms with van der Waals surface area (Å²) in [5, 5.41) is 3.01. The molecule has 1 N–H and O–H groups in total. The van der Waals surface area contributed by atoms with Crippen LogP contribution in [0.4, 0.5) is 17.6 Å². The predicted octanol–water partition coefficient (Wildman–Crippen LogP) is 5.12. The van der Waals surface area contributed by atoms with Gasteiger partial charge < -0.3 is 15.1 Å². The molecule has 2 aromatic carbocycles. The van der Waals surface area contributed by atoms with Gasteiger partial charge in [0.2, 0.25) is 11.8 Å². The fraction of sp³-hybridized carbons (Fsp3) is 0.464. The van der Waals surface area contributed by atoms with Crippen molar-refractivity contribution in [3.05, 3.63) is 70.0 Å². The van der Waals surface area contributed by atoms with Crippen LogP contribution in [-0.2, 0) is 15.8 Å². The number of likely N-dealkylation sites (tertiary alicyclic amines) is 2. The molecule has 0 aliphatic carbocycles. The third-order valence-electron chi connectivity index (χ3n) is 7.87.